The molecule has 3 aromatic rings. The summed E-state index contributed by atoms with van der Waals surface area (Å²) in [6.07, 6.45) is -0.439. The Morgan fingerprint density at radius 1 is 1.16 bits per heavy atom. The summed E-state index contributed by atoms with van der Waals surface area (Å²) in [7, 11) is 0. The lowest BCUT2D eigenvalue weighted by atomic mass is 9.80. The first-order valence-electron chi connectivity index (χ1n) is 10.4. The molecule has 0 spiro atoms. The monoisotopic (exact) mass is 421 g/mol. The van der Waals surface area contributed by atoms with Gasteiger partial charge >= 0.3 is 0 Å². The van der Waals surface area contributed by atoms with Crippen LogP contribution in [-0.2, 0) is 9.47 Å². The van der Waals surface area contributed by atoms with E-state index >= 15 is 0 Å². The van der Waals surface area contributed by atoms with Crippen molar-refractivity contribution in [2.75, 3.05) is 11.9 Å². The molecule has 7 heteroatoms. The summed E-state index contributed by atoms with van der Waals surface area (Å²) in [4.78, 5) is 24.9. The first kappa shape index (κ1) is 21.2. The zero-order valence-electron chi connectivity index (χ0n) is 18.1. The van der Waals surface area contributed by atoms with Crippen LogP contribution in [0.5, 0.6) is 0 Å². The van der Waals surface area contributed by atoms with Crippen LogP contribution in [0.2, 0.25) is 0 Å². The molecular weight excluding hydrogens is 394 g/mol. The second kappa shape index (κ2) is 8.24. The summed E-state index contributed by atoms with van der Waals surface area (Å²) in [6, 6.07) is 14.3. The van der Waals surface area contributed by atoms with Gasteiger partial charge in [-0.25, -0.2) is 5.10 Å². The summed E-state index contributed by atoms with van der Waals surface area (Å²) in [6.45, 7) is 9.17. The van der Waals surface area contributed by atoms with Gasteiger partial charge in [-0.05, 0) is 24.1 Å². The molecule has 1 aliphatic heterocycles. The fourth-order valence-corrected chi connectivity index (χ4v) is 4.20. The Kier molecular flexibility index (Phi) is 5.64. The third-order valence-electron chi connectivity index (χ3n) is 5.58. The average Bonchev–Trinajstić information content (AvgIpc) is 2.74. The predicted molar refractivity (Wildman–Crippen MR) is 119 cm³/mol. The van der Waals surface area contributed by atoms with Crippen LogP contribution in [-0.4, -0.2) is 28.8 Å². The smallest absolute Gasteiger partial charge is 0.276 e. The van der Waals surface area contributed by atoms with Crippen molar-refractivity contribution in [3.8, 4) is 0 Å². The number of carbonyl (C=O) groups excluding carboxylic acids is 1. The Hall–Kier alpha value is -3.03. The van der Waals surface area contributed by atoms with Crippen LogP contribution in [0.3, 0.4) is 0 Å². The molecule has 2 heterocycles. The van der Waals surface area contributed by atoms with Gasteiger partial charge in [-0.2, -0.15) is 5.10 Å². The molecule has 1 amide bonds. The van der Waals surface area contributed by atoms with Gasteiger partial charge in [0.2, 0.25) is 0 Å². The first-order chi connectivity index (χ1) is 14.8. The number of nitrogens with zero attached hydrogens (tertiary/aromatic N) is 1. The third-order valence-corrected chi connectivity index (χ3v) is 5.58. The highest BCUT2D eigenvalue weighted by Gasteiger charge is 2.40. The van der Waals surface area contributed by atoms with Gasteiger partial charge < -0.3 is 14.8 Å². The number of rotatable bonds is 4. The van der Waals surface area contributed by atoms with Crippen LogP contribution in [0.25, 0.3) is 10.8 Å². The molecule has 1 aromatic heterocycles. The van der Waals surface area contributed by atoms with Crippen molar-refractivity contribution in [3.05, 3.63) is 70.1 Å². The number of hydrogen-bond acceptors (Lipinski definition) is 5. The Bertz CT molecular complexity index is 1170. The number of nitrogens with one attached hydrogen (secondary N) is 2. The lowest BCUT2D eigenvalue weighted by Crippen LogP contribution is -2.45. The van der Waals surface area contributed by atoms with Crippen LogP contribution in [0.4, 0.5) is 5.69 Å². The molecule has 162 valence electrons. The number of carbonyl (C=O) groups is 1. The molecule has 0 unspecified atom stereocenters. The summed E-state index contributed by atoms with van der Waals surface area (Å²) in [5.74, 6) is -0.0554. The Morgan fingerprint density at radius 3 is 2.65 bits per heavy atom. The molecule has 2 aromatic carbocycles. The van der Waals surface area contributed by atoms with Crippen molar-refractivity contribution in [2.45, 2.75) is 40.1 Å². The molecule has 0 bridgehead atoms. The Morgan fingerprint density at radius 2 is 1.90 bits per heavy atom. The minimum atomic E-state index is -0.496. The largest absolute Gasteiger partial charge is 0.348 e. The van der Waals surface area contributed by atoms with Gasteiger partial charge in [-0.1, -0.05) is 58.0 Å². The van der Waals surface area contributed by atoms with E-state index in [1.807, 2.05) is 18.2 Å². The van der Waals surface area contributed by atoms with E-state index in [0.29, 0.717) is 29.0 Å². The van der Waals surface area contributed by atoms with Gasteiger partial charge in [-0.3, -0.25) is 9.59 Å². The molecule has 1 fully saturated rings. The van der Waals surface area contributed by atoms with Crippen molar-refractivity contribution in [3.63, 3.8) is 0 Å². The van der Waals surface area contributed by atoms with Crippen LogP contribution in [0.15, 0.2) is 53.3 Å². The predicted octanol–water partition coefficient (Wildman–Crippen LogP) is 4.27. The lowest BCUT2D eigenvalue weighted by Gasteiger charge is -2.44. The zero-order valence-corrected chi connectivity index (χ0v) is 18.1. The highest BCUT2D eigenvalue weighted by atomic mass is 16.7. The molecule has 0 saturated carbocycles. The van der Waals surface area contributed by atoms with Gasteiger partial charge in [0.1, 0.15) is 0 Å². The van der Waals surface area contributed by atoms with E-state index in [9.17, 15) is 9.59 Å². The van der Waals surface area contributed by atoms with Gasteiger partial charge in [-0.15, -0.1) is 0 Å². The number of hydrogen-bond donors (Lipinski definition) is 2. The van der Waals surface area contributed by atoms with Crippen molar-refractivity contribution < 1.29 is 14.3 Å². The summed E-state index contributed by atoms with van der Waals surface area (Å²) >= 11 is 0. The summed E-state index contributed by atoms with van der Waals surface area (Å²) in [5.41, 5.74) is 1.18. The van der Waals surface area contributed by atoms with Crippen LogP contribution in [0, 0.1) is 11.3 Å². The van der Waals surface area contributed by atoms with Crippen LogP contribution < -0.4 is 10.9 Å². The molecule has 2 atom stereocenters. The molecule has 2 N–H and O–H groups in total. The minimum absolute atomic E-state index is 0.0567. The highest BCUT2D eigenvalue weighted by Crippen LogP contribution is 2.39. The molecule has 7 nitrogen and oxygen atoms in total. The maximum Gasteiger partial charge on any atom is 0.276 e. The molecule has 0 aliphatic carbocycles. The fourth-order valence-electron chi connectivity index (χ4n) is 4.20. The number of amides is 1. The maximum absolute atomic E-state index is 12.9. The SMILES string of the molecule is CC(C)[C@H]1O[C@@H](c2cccc(NC(=O)c3n[nH]c(=O)c4ccccc34)c2)OCC1(C)C. The molecule has 0 radical (unpaired) electrons. The molecule has 1 saturated heterocycles. The quantitative estimate of drug-likeness (QED) is 0.656. The van der Waals surface area contributed by atoms with Crippen molar-refractivity contribution in [1.82, 2.24) is 10.2 Å². The molecular formula is C24H27N3O4. The number of aromatic amines is 1. The number of fused-ring (bicyclic) bond motifs is 1. The lowest BCUT2D eigenvalue weighted by molar-refractivity contribution is -0.274. The normalized spacial score (nSPS) is 20.7. The van der Waals surface area contributed by atoms with E-state index in [2.05, 4.69) is 43.2 Å². The van der Waals surface area contributed by atoms with E-state index < -0.39 is 12.2 Å². The van der Waals surface area contributed by atoms with Gasteiger partial charge in [0.05, 0.1) is 18.1 Å². The number of ether oxygens (including phenoxy) is 2. The van der Waals surface area contributed by atoms with Crippen LogP contribution >= 0.6 is 0 Å². The molecule has 31 heavy (non-hydrogen) atoms. The number of anilines is 1. The number of H-pyrrole nitrogens is 1. The fraction of sp³-hybridized carbons (Fsp3) is 0.375. The van der Waals surface area contributed by atoms with Gasteiger partial charge in [0, 0.05) is 22.1 Å². The van der Waals surface area contributed by atoms with E-state index in [-0.39, 0.29) is 22.8 Å². The van der Waals surface area contributed by atoms with E-state index in [0.717, 1.165) is 5.56 Å². The second-order valence-electron chi connectivity index (χ2n) is 8.96. The summed E-state index contributed by atoms with van der Waals surface area (Å²) in [5, 5.41) is 10.1. The maximum atomic E-state index is 12.9. The van der Waals surface area contributed by atoms with Crippen molar-refractivity contribution >= 4 is 22.4 Å². The highest BCUT2D eigenvalue weighted by molar-refractivity contribution is 6.11. The van der Waals surface area contributed by atoms with E-state index in [1.54, 1.807) is 30.3 Å². The van der Waals surface area contributed by atoms with Crippen molar-refractivity contribution in [1.29, 1.82) is 0 Å². The average molecular weight is 421 g/mol. The standard InChI is InChI=1S/C24H27N3O4/c1-14(2)20-24(3,4)13-30-23(31-20)15-8-7-9-16(12-15)25-22(29)19-17-10-5-6-11-18(17)21(28)27-26-19/h5-12,14,20,23H,13H2,1-4H3,(H,25,29)(H,27,28)/t20-,23+/m1/s1. The summed E-state index contributed by atoms with van der Waals surface area (Å²) < 4.78 is 12.3. The number of benzene rings is 2. The van der Waals surface area contributed by atoms with Gasteiger partial charge in [0.15, 0.2) is 12.0 Å². The Balaban J connectivity index is 1.57. The van der Waals surface area contributed by atoms with E-state index in [1.165, 1.54) is 0 Å². The van der Waals surface area contributed by atoms with E-state index in [4.69, 9.17) is 9.47 Å². The topological polar surface area (TPSA) is 93.3 Å². The minimum Gasteiger partial charge on any atom is -0.348 e. The second-order valence-corrected chi connectivity index (χ2v) is 8.96. The first-order valence-corrected chi connectivity index (χ1v) is 10.4. The van der Waals surface area contributed by atoms with Crippen molar-refractivity contribution in [2.24, 2.45) is 11.3 Å². The number of aromatic nitrogens is 2. The third kappa shape index (κ3) is 4.24. The zero-order chi connectivity index (χ0) is 22.2. The molecule has 1 aliphatic rings. The van der Waals surface area contributed by atoms with Gasteiger partial charge in [0.25, 0.3) is 11.5 Å². The Labute approximate surface area is 180 Å². The van der Waals surface area contributed by atoms with Crippen LogP contribution in [0.1, 0.15) is 50.0 Å². The molecule has 4 rings (SSSR count).